The Morgan fingerprint density at radius 2 is 1.64 bits per heavy atom. The number of carbonyl (C=O) groups excluding carboxylic acids is 2. The summed E-state index contributed by atoms with van der Waals surface area (Å²) in [5, 5.41) is 0.603. The van der Waals surface area contributed by atoms with E-state index in [-0.39, 0.29) is 18.2 Å². The fraction of sp³-hybridized carbons (Fsp3) is 0.263. The number of amides is 2. The third-order valence-corrected chi connectivity index (χ3v) is 4.72. The number of benzene rings is 2. The predicted molar refractivity (Wildman–Crippen MR) is 98.5 cm³/mol. The summed E-state index contributed by atoms with van der Waals surface area (Å²) in [4.78, 5) is 28.5. The van der Waals surface area contributed by atoms with Crippen molar-refractivity contribution in [3.63, 3.8) is 0 Å². The van der Waals surface area contributed by atoms with E-state index in [9.17, 15) is 9.59 Å². The van der Waals surface area contributed by atoms with Crippen LogP contribution in [0.15, 0.2) is 48.5 Å². The van der Waals surface area contributed by atoms with Crippen LogP contribution in [0.4, 0.5) is 5.69 Å². The normalized spacial score (nSPS) is 14.4. The first-order valence-electron chi connectivity index (χ1n) is 8.20. The lowest BCUT2D eigenvalue weighted by Gasteiger charge is -2.35. The highest BCUT2D eigenvalue weighted by atomic mass is 35.5. The molecule has 25 heavy (non-hydrogen) atoms. The molecule has 1 fully saturated rings. The fourth-order valence-electron chi connectivity index (χ4n) is 2.93. The molecule has 0 bridgehead atoms. The second kappa shape index (κ2) is 7.57. The molecule has 1 aliphatic heterocycles. The third-order valence-electron chi connectivity index (χ3n) is 4.35. The van der Waals surface area contributed by atoms with Crippen LogP contribution in [0, 0.1) is 0 Å². The molecule has 0 saturated carbocycles. The predicted octanol–water partition coefficient (Wildman–Crippen LogP) is 2.45. The molecule has 1 aliphatic rings. The van der Waals surface area contributed by atoms with Crippen molar-refractivity contribution >= 4 is 29.1 Å². The number of nitrogens with zero attached hydrogens (tertiary/aromatic N) is 2. The van der Waals surface area contributed by atoms with E-state index in [0.29, 0.717) is 42.5 Å². The van der Waals surface area contributed by atoms with E-state index in [0.717, 1.165) is 5.56 Å². The Morgan fingerprint density at radius 3 is 2.32 bits per heavy atom. The maximum absolute atomic E-state index is 12.5. The first-order chi connectivity index (χ1) is 12.0. The van der Waals surface area contributed by atoms with Gasteiger partial charge < -0.3 is 15.5 Å². The van der Waals surface area contributed by atoms with E-state index in [2.05, 4.69) is 0 Å². The van der Waals surface area contributed by atoms with Gasteiger partial charge in [-0.05, 0) is 29.8 Å². The second-order valence-corrected chi connectivity index (χ2v) is 6.47. The molecule has 0 unspecified atom stereocenters. The zero-order valence-corrected chi connectivity index (χ0v) is 14.6. The minimum Gasteiger partial charge on any atom is -0.399 e. The average molecular weight is 358 g/mol. The van der Waals surface area contributed by atoms with Gasteiger partial charge in [-0.3, -0.25) is 9.59 Å². The quantitative estimate of drug-likeness (QED) is 0.858. The molecule has 0 aliphatic carbocycles. The van der Waals surface area contributed by atoms with Crippen molar-refractivity contribution in [2.45, 2.75) is 6.42 Å². The maximum Gasteiger partial charge on any atom is 0.254 e. The van der Waals surface area contributed by atoms with Crippen LogP contribution in [0.5, 0.6) is 0 Å². The van der Waals surface area contributed by atoms with Crippen LogP contribution < -0.4 is 5.73 Å². The van der Waals surface area contributed by atoms with Gasteiger partial charge in [-0.1, -0.05) is 35.9 Å². The second-order valence-electron chi connectivity index (χ2n) is 6.07. The maximum atomic E-state index is 12.5. The van der Waals surface area contributed by atoms with Gasteiger partial charge in [-0.25, -0.2) is 0 Å². The molecule has 0 radical (unpaired) electrons. The van der Waals surface area contributed by atoms with Gasteiger partial charge in [0.05, 0.1) is 6.42 Å². The van der Waals surface area contributed by atoms with Crippen molar-refractivity contribution in [1.82, 2.24) is 9.80 Å². The van der Waals surface area contributed by atoms with E-state index in [1.807, 2.05) is 18.2 Å². The van der Waals surface area contributed by atoms with Crippen LogP contribution in [-0.2, 0) is 11.2 Å². The molecule has 0 atom stereocenters. The van der Waals surface area contributed by atoms with Crippen LogP contribution in [0.25, 0.3) is 0 Å². The summed E-state index contributed by atoms with van der Waals surface area (Å²) in [6.07, 6.45) is 0.281. The van der Waals surface area contributed by atoms with E-state index in [1.165, 1.54) is 0 Å². The fourth-order valence-corrected chi connectivity index (χ4v) is 3.13. The molecule has 3 rings (SSSR count). The highest BCUT2D eigenvalue weighted by Gasteiger charge is 2.25. The first kappa shape index (κ1) is 17.3. The van der Waals surface area contributed by atoms with Gasteiger partial charge in [0.25, 0.3) is 5.91 Å². The minimum absolute atomic E-state index is 0.0316. The number of halogens is 1. The molecule has 6 heteroatoms. The summed E-state index contributed by atoms with van der Waals surface area (Å²) in [6.45, 7) is 2.08. The summed E-state index contributed by atoms with van der Waals surface area (Å²) in [5.41, 5.74) is 7.71. The number of nitrogen functional groups attached to an aromatic ring is 1. The number of carbonyl (C=O) groups is 2. The number of hydrogen-bond donors (Lipinski definition) is 1. The summed E-state index contributed by atoms with van der Waals surface area (Å²) >= 11 is 6.12. The van der Waals surface area contributed by atoms with Crippen molar-refractivity contribution in [2.24, 2.45) is 0 Å². The zero-order chi connectivity index (χ0) is 17.8. The number of hydrogen-bond acceptors (Lipinski definition) is 3. The SMILES string of the molecule is Nc1cccc(C(=O)N2CCN(C(=O)Cc3ccccc3Cl)CC2)c1. The molecule has 130 valence electrons. The van der Waals surface area contributed by atoms with E-state index < -0.39 is 0 Å². The lowest BCUT2D eigenvalue weighted by atomic mass is 10.1. The minimum atomic E-state index is -0.0505. The summed E-state index contributed by atoms with van der Waals surface area (Å²) in [7, 11) is 0. The van der Waals surface area contributed by atoms with Crippen LogP contribution >= 0.6 is 11.6 Å². The summed E-state index contributed by atoms with van der Waals surface area (Å²) < 4.78 is 0. The molecule has 2 amide bonds. The van der Waals surface area contributed by atoms with Gasteiger partial charge in [-0.15, -0.1) is 0 Å². The standard InChI is InChI=1S/C19H20ClN3O2/c20-17-7-2-1-4-14(17)13-18(24)22-8-10-23(11-9-22)19(25)15-5-3-6-16(21)12-15/h1-7,12H,8-11,13,21H2. The Labute approximate surface area is 152 Å². The molecule has 1 heterocycles. The van der Waals surface area contributed by atoms with Crippen LogP contribution in [0.3, 0.4) is 0 Å². The lowest BCUT2D eigenvalue weighted by molar-refractivity contribution is -0.131. The number of rotatable bonds is 3. The van der Waals surface area contributed by atoms with Gasteiger partial charge in [0.15, 0.2) is 0 Å². The van der Waals surface area contributed by atoms with Gasteiger partial charge in [0, 0.05) is 42.5 Å². The molecular formula is C19H20ClN3O2. The first-order valence-corrected chi connectivity index (χ1v) is 8.58. The van der Waals surface area contributed by atoms with Gasteiger partial charge in [-0.2, -0.15) is 0 Å². The Morgan fingerprint density at radius 1 is 0.960 bits per heavy atom. The van der Waals surface area contributed by atoms with Crippen molar-refractivity contribution < 1.29 is 9.59 Å². The van der Waals surface area contributed by atoms with Crippen LogP contribution in [-0.4, -0.2) is 47.8 Å². The van der Waals surface area contributed by atoms with Crippen LogP contribution in [0.1, 0.15) is 15.9 Å². The van der Waals surface area contributed by atoms with Crippen molar-refractivity contribution in [3.8, 4) is 0 Å². The van der Waals surface area contributed by atoms with Crippen molar-refractivity contribution in [3.05, 3.63) is 64.7 Å². The zero-order valence-electron chi connectivity index (χ0n) is 13.8. The Kier molecular flexibility index (Phi) is 5.24. The highest BCUT2D eigenvalue weighted by Crippen LogP contribution is 2.17. The van der Waals surface area contributed by atoms with Gasteiger partial charge in [0.1, 0.15) is 0 Å². The summed E-state index contributed by atoms with van der Waals surface area (Å²) in [5.74, 6) is -0.0188. The number of anilines is 1. The number of nitrogens with two attached hydrogens (primary N) is 1. The topological polar surface area (TPSA) is 66.6 Å². The van der Waals surface area contributed by atoms with E-state index in [1.54, 1.807) is 40.1 Å². The molecule has 0 aromatic heterocycles. The smallest absolute Gasteiger partial charge is 0.254 e. The molecular weight excluding hydrogens is 338 g/mol. The Hall–Kier alpha value is -2.53. The molecule has 0 spiro atoms. The average Bonchev–Trinajstić information content (AvgIpc) is 2.63. The largest absolute Gasteiger partial charge is 0.399 e. The van der Waals surface area contributed by atoms with E-state index in [4.69, 9.17) is 17.3 Å². The van der Waals surface area contributed by atoms with Crippen molar-refractivity contribution in [1.29, 1.82) is 0 Å². The Bertz CT molecular complexity index is 786. The summed E-state index contributed by atoms with van der Waals surface area (Å²) in [6, 6.07) is 14.3. The lowest BCUT2D eigenvalue weighted by Crippen LogP contribution is -2.51. The molecule has 2 aromatic carbocycles. The highest BCUT2D eigenvalue weighted by molar-refractivity contribution is 6.31. The van der Waals surface area contributed by atoms with Gasteiger partial charge >= 0.3 is 0 Å². The van der Waals surface area contributed by atoms with Gasteiger partial charge in [0.2, 0.25) is 5.91 Å². The van der Waals surface area contributed by atoms with Crippen LogP contribution in [0.2, 0.25) is 5.02 Å². The number of piperazine rings is 1. The monoisotopic (exact) mass is 357 g/mol. The Balaban J connectivity index is 1.57. The van der Waals surface area contributed by atoms with E-state index >= 15 is 0 Å². The third kappa shape index (κ3) is 4.12. The molecule has 1 saturated heterocycles. The molecule has 5 nitrogen and oxygen atoms in total. The molecule has 2 N–H and O–H groups in total. The van der Waals surface area contributed by atoms with Crippen molar-refractivity contribution in [2.75, 3.05) is 31.9 Å². The molecule has 2 aromatic rings.